The molecular weight excluding hydrogens is 524 g/mol. The summed E-state index contributed by atoms with van der Waals surface area (Å²) in [6.07, 6.45) is 4.85. The number of ether oxygens (including phenoxy) is 2. The van der Waals surface area contributed by atoms with Gasteiger partial charge in [0.1, 0.15) is 17.4 Å². The second kappa shape index (κ2) is 14.7. The molecule has 1 aromatic rings. The van der Waals surface area contributed by atoms with Crippen molar-refractivity contribution in [3.8, 4) is 5.75 Å². The maximum Gasteiger partial charge on any atom is 0.415 e. The fraction of sp³-hybridized carbons (Fsp3) is 0.677. The molecule has 0 aliphatic carbocycles. The van der Waals surface area contributed by atoms with Gasteiger partial charge in [-0.3, -0.25) is 9.59 Å². The van der Waals surface area contributed by atoms with Gasteiger partial charge in [0.25, 0.3) is 0 Å². The molecule has 0 radical (unpaired) electrons. The van der Waals surface area contributed by atoms with Crippen molar-refractivity contribution >= 4 is 23.9 Å². The van der Waals surface area contributed by atoms with Crippen molar-refractivity contribution in [3.05, 3.63) is 29.8 Å². The molecule has 2 heterocycles. The lowest BCUT2D eigenvalue weighted by Crippen LogP contribution is -2.51. The number of benzene rings is 1. The largest absolute Gasteiger partial charge is 0.458 e. The number of nitrogens with two attached hydrogens (primary N) is 1. The van der Waals surface area contributed by atoms with Crippen LogP contribution in [0.3, 0.4) is 0 Å². The van der Waals surface area contributed by atoms with Crippen LogP contribution in [0, 0.1) is 11.8 Å². The van der Waals surface area contributed by atoms with Crippen molar-refractivity contribution in [1.82, 2.24) is 15.1 Å². The number of amides is 3. The van der Waals surface area contributed by atoms with E-state index in [2.05, 4.69) is 5.32 Å². The van der Waals surface area contributed by atoms with Crippen LogP contribution in [0.15, 0.2) is 24.3 Å². The van der Waals surface area contributed by atoms with E-state index < -0.39 is 35.7 Å². The first-order valence-corrected chi connectivity index (χ1v) is 15.0. The predicted molar refractivity (Wildman–Crippen MR) is 156 cm³/mol. The van der Waals surface area contributed by atoms with Gasteiger partial charge in [-0.05, 0) is 82.9 Å². The third-order valence-electron chi connectivity index (χ3n) is 7.41. The number of hydrogen-bond donors (Lipinski definition) is 2. The van der Waals surface area contributed by atoms with E-state index in [0.29, 0.717) is 38.1 Å². The topological polar surface area (TPSA) is 131 Å². The molecule has 41 heavy (non-hydrogen) atoms. The molecule has 2 atom stereocenters. The zero-order chi connectivity index (χ0) is 30.2. The van der Waals surface area contributed by atoms with E-state index in [-0.39, 0.29) is 24.2 Å². The van der Waals surface area contributed by atoms with Gasteiger partial charge in [0.15, 0.2) is 0 Å². The second-order valence-corrected chi connectivity index (χ2v) is 12.7. The van der Waals surface area contributed by atoms with E-state index in [9.17, 15) is 19.2 Å². The number of carbonyl (C=O) groups is 4. The Morgan fingerprint density at radius 3 is 2.12 bits per heavy atom. The molecule has 2 aliphatic heterocycles. The van der Waals surface area contributed by atoms with Gasteiger partial charge in [0, 0.05) is 38.5 Å². The van der Waals surface area contributed by atoms with E-state index in [0.717, 1.165) is 31.5 Å². The smallest absolute Gasteiger partial charge is 0.415 e. The van der Waals surface area contributed by atoms with E-state index in [1.165, 1.54) is 6.42 Å². The molecule has 0 bridgehead atoms. The summed E-state index contributed by atoms with van der Waals surface area (Å²) >= 11 is 0. The number of piperidine rings is 2. The Labute approximate surface area is 244 Å². The number of nitrogens with zero attached hydrogens (tertiary/aromatic N) is 2. The first-order valence-electron chi connectivity index (χ1n) is 15.0. The molecule has 10 nitrogen and oxygen atoms in total. The van der Waals surface area contributed by atoms with Crippen molar-refractivity contribution in [2.75, 3.05) is 26.2 Å². The van der Waals surface area contributed by atoms with Crippen molar-refractivity contribution in [2.24, 2.45) is 17.6 Å². The van der Waals surface area contributed by atoms with E-state index >= 15 is 0 Å². The van der Waals surface area contributed by atoms with Crippen LogP contribution in [-0.2, 0) is 25.5 Å². The lowest BCUT2D eigenvalue weighted by molar-refractivity contribution is -0.158. The standard InChI is InChI=1S/C31H48N4O6/c1-21(2)19-25(32)27(36)33-26(29(38)41-31(3,4)5)20-22-9-11-24(12-10-22)40-30(39)35-17-13-23(14-18-35)28(37)34-15-7-6-8-16-34/h9-12,21,23,25-26H,6-8,13-20,32H2,1-5H3,(H,33,36). The summed E-state index contributed by atoms with van der Waals surface area (Å²) in [5.41, 5.74) is 6.08. The number of carbonyl (C=O) groups excluding carboxylic acids is 4. The summed E-state index contributed by atoms with van der Waals surface area (Å²) in [7, 11) is 0. The zero-order valence-electron chi connectivity index (χ0n) is 25.3. The number of nitrogens with one attached hydrogen (secondary N) is 1. The number of likely N-dealkylation sites (tertiary alicyclic amines) is 2. The Bertz CT molecular complexity index is 1040. The van der Waals surface area contributed by atoms with Crippen LogP contribution in [0.2, 0.25) is 0 Å². The van der Waals surface area contributed by atoms with Gasteiger partial charge in [-0.25, -0.2) is 9.59 Å². The minimum Gasteiger partial charge on any atom is -0.458 e. The zero-order valence-corrected chi connectivity index (χ0v) is 25.3. The molecule has 0 spiro atoms. The summed E-state index contributed by atoms with van der Waals surface area (Å²) in [6.45, 7) is 11.9. The number of esters is 1. The lowest BCUT2D eigenvalue weighted by Gasteiger charge is -2.35. The minimum atomic E-state index is -0.915. The highest BCUT2D eigenvalue weighted by molar-refractivity contribution is 5.87. The normalized spacial score (nSPS) is 18.0. The molecule has 3 N–H and O–H groups in total. The summed E-state index contributed by atoms with van der Waals surface area (Å²) in [6, 6.07) is 5.20. The summed E-state index contributed by atoms with van der Waals surface area (Å²) in [5.74, 6) is -0.144. The quantitative estimate of drug-likeness (QED) is 0.432. The third-order valence-corrected chi connectivity index (χ3v) is 7.41. The molecule has 2 unspecified atom stereocenters. The van der Waals surface area contributed by atoms with Crippen molar-refractivity contribution < 1.29 is 28.7 Å². The van der Waals surface area contributed by atoms with Gasteiger partial charge in [-0.2, -0.15) is 0 Å². The predicted octanol–water partition coefficient (Wildman–Crippen LogP) is 3.65. The average molecular weight is 573 g/mol. The highest BCUT2D eigenvalue weighted by Gasteiger charge is 2.32. The highest BCUT2D eigenvalue weighted by atomic mass is 16.6. The molecule has 10 heteroatoms. The summed E-state index contributed by atoms with van der Waals surface area (Å²) in [4.78, 5) is 54.8. The van der Waals surface area contributed by atoms with Crippen molar-refractivity contribution in [3.63, 3.8) is 0 Å². The van der Waals surface area contributed by atoms with Gasteiger partial charge < -0.3 is 30.3 Å². The van der Waals surface area contributed by atoms with Crippen molar-refractivity contribution in [2.45, 2.75) is 97.2 Å². The monoisotopic (exact) mass is 572 g/mol. The molecule has 2 aliphatic rings. The van der Waals surface area contributed by atoms with Gasteiger partial charge in [0.05, 0.1) is 6.04 Å². The molecular formula is C31H48N4O6. The molecule has 1 aromatic carbocycles. The van der Waals surface area contributed by atoms with Gasteiger partial charge >= 0.3 is 12.1 Å². The Balaban J connectivity index is 1.55. The SMILES string of the molecule is CC(C)CC(N)C(=O)NC(Cc1ccc(OC(=O)N2CCC(C(=O)N3CCCCC3)CC2)cc1)C(=O)OC(C)(C)C. The third kappa shape index (κ3) is 10.3. The average Bonchev–Trinajstić information content (AvgIpc) is 2.92. The Kier molecular flexibility index (Phi) is 11.6. The fourth-order valence-electron chi connectivity index (χ4n) is 5.24. The maximum absolute atomic E-state index is 12.9. The van der Waals surface area contributed by atoms with Crippen LogP contribution in [-0.4, -0.2) is 77.5 Å². The lowest BCUT2D eigenvalue weighted by atomic mass is 9.94. The molecule has 2 saturated heterocycles. The Morgan fingerprint density at radius 2 is 1.56 bits per heavy atom. The molecule has 2 fully saturated rings. The van der Waals surface area contributed by atoms with Crippen LogP contribution in [0.4, 0.5) is 4.79 Å². The van der Waals surface area contributed by atoms with E-state index in [1.54, 1.807) is 49.9 Å². The van der Waals surface area contributed by atoms with E-state index in [4.69, 9.17) is 15.2 Å². The van der Waals surface area contributed by atoms with Crippen LogP contribution in [0.5, 0.6) is 5.75 Å². The number of hydrogen-bond acceptors (Lipinski definition) is 7. The van der Waals surface area contributed by atoms with Crippen LogP contribution < -0.4 is 15.8 Å². The Hall–Kier alpha value is -3.14. The van der Waals surface area contributed by atoms with Crippen molar-refractivity contribution in [1.29, 1.82) is 0 Å². The first-order chi connectivity index (χ1) is 19.3. The van der Waals surface area contributed by atoms with Gasteiger partial charge in [-0.15, -0.1) is 0 Å². The maximum atomic E-state index is 12.9. The minimum absolute atomic E-state index is 0.0326. The fourth-order valence-corrected chi connectivity index (χ4v) is 5.24. The summed E-state index contributed by atoms with van der Waals surface area (Å²) < 4.78 is 11.1. The molecule has 3 amide bonds. The molecule has 0 saturated carbocycles. The van der Waals surface area contributed by atoms with Gasteiger partial charge in [0.2, 0.25) is 11.8 Å². The van der Waals surface area contributed by atoms with Gasteiger partial charge in [-0.1, -0.05) is 26.0 Å². The number of rotatable bonds is 9. The highest BCUT2D eigenvalue weighted by Crippen LogP contribution is 2.23. The molecule has 3 rings (SSSR count). The van der Waals surface area contributed by atoms with Crippen LogP contribution >= 0.6 is 0 Å². The molecule has 0 aromatic heterocycles. The molecule has 228 valence electrons. The first kappa shape index (κ1) is 32.4. The van der Waals surface area contributed by atoms with E-state index in [1.807, 2.05) is 18.7 Å². The Morgan fingerprint density at radius 1 is 0.951 bits per heavy atom. The van der Waals surface area contributed by atoms with Crippen LogP contribution in [0.25, 0.3) is 0 Å². The second-order valence-electron chi connectivity index (χ2n) is 12.7. The summed E-state index contributed by atoms with van der Waals surface area (Å²) in [5, 5.41) is 2.76. The van der Waals surface area contributed by atoms with Crippen LogP contribution in [0.1, 0.15) is 78.7 Å².